The average Bonchev–Trinajstić information content (AvgIpc) is 2.49. The van der Waals surface area contributed by atoms with Gasteiger partial charge in [-0.25, -0.2) is 14.6 Å². The van der Waals surface area contributed by atoms with E-state index in [0.717, 1.165) is 5.69 Å². The predicted octanol–water partition coefficient (Wildman–Crippen LogP) is 0.898. The fraction of sp³-hybridized carbons (Fsp3) is 0. The minimum Gasteiger partial charge on any atom is -0.381 e. The van der Waals surface area contributed by atoms with E-state index in [1.165, 1.54) is 11.0 Å². The lowest BCUT2D eigenvalue weighted by atomic mass is 10.5. The summed E-state index contributed by atoms with van der Waals surface area (Å²) < 4.78 is 1.53. The van der Waals surface area contributed by atoms with E-state index in [9.17, 15) is 0 Å². The minimum absolute atomic E-state index is 0.297. The number of anilines is 1. The van der Waals surface area contributed by atoms with Gasteiger partial charge >= 0.3 is 0 Å². The summed E-state index contributed by atoms with van der Waals surface area (Å²) in [5.74, 6) is 0.297. The van der Waals surface area contributed by atoms with Crippen molar-refractivity contribution in [1.29, 1.82) is 0 Å². The molecular formula is C7H6ClN5. The Morgan fingerprint density at radius 1 is 1.31 bits per heavy atom. The molecule has 0 amide bonds. The van der Waals surface area contributed by atoms with E-state index in [1.807, 2.05) is 0 Å². The second-order valence-corrected chi connectivity index (χ2v) is 2.81. The van der Waals surface area contributed by atoms with Gasteiger partial charge in [-0.15, -0.1) is 5.10 Å². The zero-order valence-corrected chi connectivity index (χ0v) is 7.31. The molecule has 0 radical (unpaired) electrons. The van der Waals surface area contributed by atoms with Crippen molar-refractivity contribution in [3.05, 3.63) is 29.9 Å². The summed E-state index contributed by atoms with van der Waals surface area (Å²) in [5, 5.41) is 4.38. The van der Waals surface area contributed by atoms with Crippen LogP contribution in [0.15, 0.2) is 24.9 Å². The summed E-state index contributed by atoms with van der Waals surface area (Å²) in [6.45, 7) is 0. The number of nitrogen functional groups attached to an aromatic ring is 1. The Bertz CT molecular complexity index is 391. The highest BCUT2D eigenvalue weighted by Gasteiger charge is 2.03. The third-order valence-electron chi connectivity index (χ3n) is 1.51. The van der Waals surface area contributed by atoms with Gasteiger partial charge in [0.2, 0.25) is 0 Å². The maximum Gasteiger partial charge on any atom is 0.164 e. The molecule has 0 aliphatic rings. The molecule has 2 N–H and O–H groups in total. The van der Waals surface area contributed by atoms with Crippen LogP contribution >= 0.6 is 11.6 Å². The van der Waals surface area contributed by atoms with Crippen LogP contribution in [0.25, 0.3) is 5.69 Å². The van der Waals surface area contributed by atoms with Gasteiger partial charge in [0.15, 0.2) is 5.82 Å². The number of nitrogens with two attached hydrogens (primary N) is 1. The van der Waals surface area contributed by atoms with Gasteiger partial charge in [0, 0.05) is 0 Å². The Labute approximate surface area is 79.2 Å². The van der Waals surface area contributed by atoms with Gasteiger partial charge in [0.05, 0.1) is 18.6 Å². The fourth-order valence-corrected chi connectivity index (χ4v) is 1.04. The van der Waals surface area contributed by atoms with Gasteiger partial charge in [-0.05, 0) is 0 Å². The Morgan fingerprint density at radius 3 is 2.54 bits per heavy atom. The molecule has 0 saturated carbocycles. The highest BCUT2D eigenvalue weighted by Crippen LogP contribution is 2.17. The first-order chi connectivity index (χ1) is 6.27. The lowest BCUT2D eigenvalue weighted by Gasteiger charge is -1.96. The van der Waals surface area contributed by atoms with Gasteiger partial charge in [-0.2, -0.15) is 0 Å². The van der Waals surface area contributed by atoms with Crippen LogP contribution < -0.4 is 5.73 Å². The molecule has 0 spiro atoms. The molecule has 5 nitrogen and oxygen atoms in total. The summed E-state index contributed by atoms with van der Waals surface area (Å²) in [7, 11) is 0. The lowest BCUT2D eigenvalue weighted by molar-refractivity contribution is 0.868. The first-order valence-electron chi connectivity index (χ1n) is 3.53. The summed E-state index contributed by atoms with van der Waals surface area (Å²) in [5.41, 5.74) is 6.20. The van der Waals surface area contributed by atoms with Crippen LogP contribution in [-0.4, -0.2) is 19.7 Å². The molecule has 0 aliphatic carbocycles. The summed E-state index contributed by atoms with van der Waals surface area (Å²) >= 11 is 5.73. The highest BCUT2D eigenvalue weighted by molar-refractivity contribution is 6.32. The molecule has 0 atom stereocenters. The van der Waals surface area contributed by atoms with Gasteiger partial charge in [0.1, 0.15) is 17.0 Å². The molecule has 2 rings (SSSR count). The van der Waals surface area contributed by atoms with Crippen molar-refractivity contribution in [2.24, 2.45) is 0 Å². The highest BCUT2D eigenvalue weighted by atomic mass is 35.5. The van der Waals surface area contributed by atoms with Crippen LogP contribution in [-0.2, 0) is 0 Å². The van der Waals surface area contributed by atoms with Crippen molar-refractivity contribution in [2.45, 2.75) is 0 Å². The summed E-state index contributed by atoms with van der Waals surface area (Å²) in [6.07, 6.45) is 6.29. The minimum atomic E-state index is 0.297. The molecule has 0 saturated heterocycles. The zero-order valence-electron chi connectivity index (χ0n) is 6.55. The maximum absolute atomic E-state index is 5.73. The van der Waals surface area contributed by atoms with Crippen molar-refractivity contribution >= 4 is 17.4 Å². The van der Waals surface area contributed by atoms with E-state index < -0.39 is 0 Å². The SMILES string of the molecule is Nc1nn(-c2cncnc2)cc1Cl. The molecule has 13 heavy (non-hydrogen) atoms. The van der Waals surface area contributed by atoms with E-state index in [-0.39, 0.29) is 0 Å². The van der Waals surface area contributed by atoms with Crippen LogP contribution in [0.4, 0.5) is 5.82 Å². The van der Waals surface area contributed by atoms with Crippen molar-refractivity contribution in [1.82, 2.24) is 19.7 Å². The predicted molar refractivity (Wildman–Crippen MR) is 48.6 cm³/mol. The number of hydrogen-bond donors (Lipinski definition) is 1. The molecular weight excluding hydrogens is 190 g/mol. The van der Waals surface area contributed by atoms with Crippen LogP contribution in [0.1, 0.15) is 0 Å². The Hall–Kier alpha value is -1.62. The van der Waals surface area contributed by atoms with Gasteiger partial charge in [0.25, 0.3) is 0 Å². The zero-order chi connectivity index (χ0) is 9.26. The molecule has 66 valence electrons. The molecule has 2 aromatic rings. The Balaban J connectivity index is 2.48. The van der Waals surface area contributed by atoms with Gasteiger partial charge in [-0.3, -0.25) is 0 Å². The van der Waals surface area contributed by atoms with Crippen molar-refractivity contribution in [3.63, 3.8) is 0 Å². The Kier molecular flexibility index (Phi) is 1.86. The number of hydrogen-bond acceptors (Lipinski definition) is 4. The first kappa shape index (κ1) is 8.00. The molecule has 0 bridgehead atoms. The first-order valence-corrected chi connectivity index (χ1v) is 3.91. The van der Waals surface area contributed by atoms with Crippen molar-refractivity contribution < 1.29 is 0 Å². The van der Waals surface area contributed by atoms with E-state index in [0.29, 0.717) is 10.8 Å². The third-order valence-corrected chi connectivity index (χ3v) is 1.80. The summed E-state index contributed by atoms with van der Waals surface area (Å²) in [4.78, 5) is 7.69. The van der Waals surface area contributed by atoms with E-state index in [1.54, 1.807) is 18.6 Å². The normalized spacial score (nSPS) is 10.2. The van der Waals surface area contributed by atoms with Crippen LogP contribution in [0, 0.1) is 0 Å². The molecule has 0 aromatic carbocycles. The number of aromatic nitrogens is 4. The second kappa shape index (κ2) is 3.02. The molecule has 0 unspecified atom stereocenters. The molecule has 6 heteroatoms. The van der Waals surface area contributed by atoms with Gasteiger partial charge in [-0.1, -0.05) is 11.6 Å². The largest absolute Gasteiger partial charge is 0.381 e. The standard InChI is InChI=1S/C7H6ClN5/c8-6-3-13(12-7(6)9)5-1-10-4-11-2-5/h1-4H,(H2,9,12). The van der Waals surface area contributed by atoms with Crippen LogP contribution in [0.3, 0.4) is 0 Å². The third kappa shape index (κ3) is 1.46. The van der Waals surface area contributed by atoms with E-state index in [2.05, 4.69) is 15.1 Å². The van der Waals surface area contributed by atoms with E-state index in [4.69, 9.17) is 17.3 Å². The van der Waals surface area contributed by atoms with E-state index >= 15 is 0 Å². The Morgan fingerprint density at radius 2 is 2.00 bits per heavy atom. The molecule has 0 fully saturated rings. The molecule has 2 aromatic heterocycles. The van der Waals surface area contributed by atoms with Crippen LogP contribution in [0.2, 0.25) is 5.02 Å². The number of nitrogens with zero attached hydrogens (tertiary/aromatic N) is 4. The monoisotopic (exact) mass is 195 g/mol. The van der Waals surface area contributed by atoms with Gasteiger partial charge < -0.3 is 5.73 Å². The van der Waals surface area contributed by atoms with Crippen molar-refractivity contribution in [3.8, 4) is 5.69 Å². The van der Waals surface area contributed by atoms with Crippen molar-refractivity contribution in [2.75, 3.05) is 5.73 Å². The lowest BCUT2D eigenvalue weighted by Crippen LogP contribution is -1.97. The van der Waals surface area contributed by atoms with Crippen LogP contribution in [0.5, 0.6) is 0 Å². The topological polar surface area (TPSA) is 69.6 Å². The smallest absolute Gasteiger partial charge is 0.164 e. The fourth-order valence-electron chi connectivity index (χ4n) is 0.908. The molecule has 0 aliphatic heterocycles. The maximum atomic E-state index is 5.73. The number of halogens is 1. The molecule has 2 heterocycles. The quantitative estimate of drug-likeness (QED) is 0.734. The average molecular weight is 196 g/mol. The number of rotatable bonds is 1. The second-order valence-electron chi connectivity index (χ2n) is 2.40. The summed E-state index contributed by atoms with van der Waals surface area (Å²) in [6, 6.07) is 0.